The minimum Gasteiger partial charge on any atom is -0.496 e. The molecule has 27 heavy (non-hydrogen) atoms. The normalized spacial score (nSPS) is 11.0. The molecule has 0 aliphatic heterocycles. The Morgan fingerprint density at radius 2 is 1.63 bits per heavy atom. The molecule has 0 fully saturated rings. The minimum atomic E-state index is 0.683. The fourth-order valence-corrected chi connectivity index (χ4v) is 2.71. The van der Waals surface area contributed by atoms with Crippen molar-refractivity contribution in [1.29, 1.82) is 0 Å². The van der Waals surface area contributed by atoms with Crippen LogP contribution in [0.25, 0.3) is 0 Å². The van der Waals surface area contributed by atoms with E-state index < -0.39 is 0 Å². The smallest absolute Gasteiger partial charge is 0.190 e. The van der Waals surface area contributed by atoms with Crippen LogP contribution in [0.3, 0.4) is 0 Å². The van der Waals surface area contributed by atoms with Gasteiger partial charge in [-0.1, -0.05) is 6.07 Å². The fraction of sp³-hybridized carbons (Fsp3) is 0.400. The summed E-state index contributed by atoms with van der Waals surface area (Å²) in [7, 11) is 6.66. The van der Waals surface area contributed by atoms with Gasteiger partial charge in [0.25, 0.3) is 0 Å². The molecule has 1 heterocycles. The number of ether oxygens (including phenoxy) is 3. The Bertz CT molecular complexity index is 710. The second-order valence-corrected chi connectivity index (χ2v) is 5.76. The predicted octanol–water partition coefficient (Wildman–Crippen LogP) is 2.06. The third-order valence-electron chi connectivity index (χ3n) is 4.11. The molecule has 1 aromatic heterocycles. The number of guanidine groups is 1. The molecular weight excluding hydrogens is 344 g/mol. The molecule has 0 spiro atoms. The summed E-state index contributed by atoms with van der Waals surface area (Å²) in [5.74, 6) is 2.93. The zero-order chi connectivity index (χ0) is 19.5. The number of pyridine rings is 1. The van der Waals surface area contributed by atoms with Crippen LogP contribution in [-0.2, 0) is 12.8 Å². The SMILES string of the molecule is CN=C(NCCc1ccccn1)NCCc1c(OC)cc(OC)cc1OC. The van der Waals surface area contributed by atoms with Crippen molar-refractivity contribution in [2.45, 2.75) is 12.8 Å². The molecule has 146 valence electrons. The van der Waals surface area contributed by atoms with Crippen molar-refractivity contribution >= 4 is 5.96 Å². The summed E-state index contributed by atoms with van der Waals surface area (Å²) in [4.78, 5) is 8.57. The van der Waals surface area contributed by atoms with Gasteiger partial charge in [0.1, 0.15) is 17.2 Å². The Morgan fingerprint density at radius 3 is 2.15 bits per heavy atom. The van der Waals surface area contributed by atoms with Crippen molar-refractivity contribution in [3.05, 3.63) is 47.8 Å². The molecule has 0 unspecified atom stereocenters. The molecule has 2 aromatic rings. The van der Waals surface area contributed by atoms with Crippen LogP contribution in [-0.4, -0.2) is 52.4 Å². The van der Waals surface area contributed by atoms with Crippen LogP contribution in [0.5, 0.6) is 17.2 Å². The van der Waals surface area contributed by atoms with E-state index in [1.165, 1.54) is 0 Å². The molecule has 0 saturated heterocycles. The third-order valence-corrected chi connectivity index (χ3v) is 4.11. The van der Waals surface area contributed by atoms with Gasteiger partial charge in [0.15, 0.2) is 5.96 Å². The van der Waals surface area contributed by atoms with E-state index in [1.807, 2.05) is 30.3 Å². The zero-order valence-corrected chi connectivity index (χ0v) is 16.4. The Balaban J connectivity index is 1.88. The van der Waals surface area contributed by atoms with E-state index in [1.54, 1.807) is 34.6 Å². The van der Waals surface area contributed by atoms with E-state index in [0.29, 0.717) is 12.3 Å². The van der Waals surface area contributed by atoms with Crippen molar-refractivity contribution < 1.29 is 14.2 Å². The molecule has 7 nitrogen and oxygen atoms in total. The van der Waals surface area contributed by atoms with E-state index >= 15 is 0 Å². The Hall–Kier alpha value is -2.96. The monoisotopic (exact) mass is 372 g/mol. The first-order valence-electron chi connectivity index (χ1n) is 8.85. The van der Waals surface area contributed by atoms with Gasteiger partial charge in [-0.15, -0.1) is 0 Å². The number of nitrogens with zero attached hydrogens (tertiary/aromatic N) is 2. The average molecular weight is 372 g/mol. The zero-order valence-electron chi connectivity index (χ0n) is 16.4. The van der Waals surface area contributed by atoms with Gasteiger partial charge in [-0.2, -0.15) is 0 Å². The van der Waals surface area contributed by atoms with E-state index in [9.17, 15) is 0 Å². The lowest BCUT2D eigenvalue weighted by Gasteiger charge is -2.16. The Labute approximate surface area is 160 Å². The summed E-state index contributed by atoms with van der Waals surface area (Å²) in [5, 5.41) is 6.61. The summed E-state index contributed by atoms with van der Waals surface area (Å²) in [6.07, 6.45) is 3.36. The first-order chi connectivity index (χ1) is 13.2. The standard InChI is InChI=1S/C20H28N4O3/c1-21-20(23-11-8-15-7-5-6-10-22-15)24-12-9-17-18(26-3)13-16(25-2)14-19(17)27-4/h5-7,10,13-14H,8-9,11-12H2,1-4H3,(H2,21,23,24). The van der Waals surface area contributed by atoms with E-state index in [2.05, 4.69) is 20.6 Å². The van der Waals surface area contributed by atoms with Crippen molar-refractivity contribution in [2.75, 3.05) is 41.5 Å². The maximum Gasteiger partial charge on any atom is 0.190 e. The largest absolute Gasteiger partial charge is 0.496 e. The average Bonchev–Trinajstić information content (AvgIpc) is 2.73. The molecule has 0 aliphatic carbocycles. The lowest BCUT2D eigenvalue weighted by atomic mass is 10.1. The highest BCUT2D eigenvalue weighted by atomic mass is 16.5. The number of rotatable bonds is 9. The highest BCUT2D eigenvalue weighted by Crippen LogP contribution is 2.34. The summed E-state index contributed by atoms with van der Waals surface area (Å²) in [6, 6.07) is 9.64. The van der Waals surface area contributed by atoms with Crippen LogP contribution in [0.2, 0.25) is 0 Å². The minimum absolute atomic E-state index is 0.683. The first kappa shape index (κ1) is 20.4. The second-order valence-electron chi connectivity index (χ2n) is 5.76. The molecule has 0 radical (unpaired) electrons. The van der Waals surface area contributed by atoms with Gasteiger partial charge in [-0.05, 0) is 18.6 Å². The maximum absolute atomic E-state index is 5.49. The molecule has 0 bridgehead atoms. The summed E-state index contributed by atoms with van der Waals surface area (Å²) >= 11 is 0. The van der Waals surface area contributed by atoms with Gasteiger partial charge >= 0.3 is 0 Å². The van der Waals surface area contributed by atoms with E-state index in [-0.39, 0.29) is 0 Å². The summed E-state index contributed by atoms with van der Waals surface area (Å²) in [5.41, 5.74) is 2.03. The maximum atomic E-state index is 5.49. The lowest BCUT2D eigenvalue weighted by Crippen LogP contribution is -2.39. The van der Waals surface area contributed by atoms with Gasteiger partial charge in [0.05, 0.1) is 21.3 Å². The molecule has 2 rings (SSSR count). The molecule has 0 aliphatic rings. The second kappa shape index (κ2) is 10.9. The van der Waals surface area contributed by atoms with Gasteiger partial charge in [-0.3, -0.25) is 9.98 Å². The van der Waals surface area contributed by atoms with Crippen molar-refractivity contribution in [3.8, 4) is 17.2 Å². The molecule has 2 N–H and O–H groups in total. The van der Waals surface area contributed by atoms with E-state index in [0.717, 1.165) is 48.1 Å². The van der Waals surface area contributed by atoms with Crippen LogP contribution in [0.4, 0.5) is 0 Å². The van der Waals surface area contributed by atoms with Crippen LogP contribution in [0.15, 0.2) is 41.5 Å². The first-order valence-corrected chi connectivity index (χ1v) is 8.85. The van der Waals surface area contributed by atoms with Crippen LogP contribution < -0.4 is 24.8 Å². The number of benzene rings is 1. The third kappa shape index (κ3) is 6.06. The Kier molecular flexibility index (Phi) is 8.22. The predicted molar refractivity (Wildman–Crippen MR) is 107 cm³/mol. The van der Waals surface area contributed by atoms with Gasteiger partial charge < -0.3 is 24.8 Å². The van der Waals surface area contributed by atoms with Crippen LogP contribution in [0, 0.1) is 0 Å². The fourth-order valence-electron chi connectivity index (χ4n) is 2.71. The summed E-state index contributed by atoms with van der Waals surface area (Å²) < 4.78 is 16.3. The number of methoxy groups -OCH3 is 3. The molecule has 0 atom stereocenters. The summed E-state index contributed by atoms with van der Waals surface area (Å²) in [6.45, 7) is 1.44. The molecule has 0 amide bonds. The number of nitrogens with one attached hydrogen (secondary N) is 2. The van der Waals surface area contributed by atoms with Crippen LogP contribution in [0.1, 0.15) is 11.3 Å². The molecule has 0 saturated carbocycles. The lowest BCUT2D eigenvalue weighted by molar-refractivity contribution is 0.368. The van der Waals surface area contributed by atoms with Crippen LogP contribution >= 0.6 is 0 Å². The van der Waals surface area contributed by atoms with Gasteiger partial charge in [0, 0.05) is 56.1 Å². The number of aromatic nitrogens is 1. The van der Waals surface area contributed by atoms with Gasteiger partial charge in [0.2, 0.25) is 0 Å². The molecule has 1 aromatic carbocycles. The van der Waals surface area contributed by atoms with Crippen molar-refractivity contribution in [3.63, 3.8) is 0 Å². The number of hydrogen-bond acceptors (Lipinski definition) is 5. The van der Waals surface area contributed by atoms with Crippen molar-refractivity contribution in [1.82, 2.24) is 15.6 Å². The highest BCUT2D eigenvalue weighted by molar-refractivity contribution is 5.79. The van der Waals surface area contributed by atoms with Gasteiger partial charge in [-0.25, -0.2) is 0 Å². The van der Waals surface area contributed by atoms with Crippen molar-refractivity contribution in [2.24, 2.45) is 4.99 Å². The topological polar surface area (TPSA) is 77.0 Å². The Morgan fingerprint density at radius 1 is 0.963 bits per heavy atom. The van der Waals surface area contributed by atoms with E-state index in [4.69, 9.17) is 14.2 Å². The number of hydrogen-bond donors (Lipinski definition) is 2. The highest BCUT2D eigenvalue weighted by Gasteiger charge is 2.13. The molecular formula is C20H28N4O3. The molecule has 7 heteroatoms. The number of aliphatic imine (C=N–C) groups is 1. The quantitative estimate of drug-likeness (QED) is 0.518.